The molecule has 3 aromatic heterocycles. The molecule has 1 aliphatic heterocycles. The lowest BCUT2D eigenvalue weighted by molar-refractivity contribution is 0.0886. The Balaban J connectivity index is 1.26. The molecule has 0 saturated carbocycles. The highest BCUT2D eigenvalue weighted by molar-refractivity contribution is 6.02. The summed E-state index contributed by atoms with van der Waals surface area (Å²) in [6, 6.07) is 7.58. The van der Waals surface area contributed by atoms with Crippen LogP contribution in [0.25, 0.3) is 21.9 Å². The fourth-order valence-electron chi connectivity index (χ4n) is 4.37. The van der Waals surface area contributed by atoms with E-state index in [9.17, 15) is 22.8 Å². The van der Waals surface area contributed by atoms with Crippen LogP contribution in [-0.2, 0) is 6.54 Å². The van der Waals surface area contributed by atoms with E-state index in [2.05, 4.69) is 9.97 Å². The Morgan fingerprint density at radius 2 is 1.86 bits per heavy atom. The Morgan fingerprint density at radius 1 is 1.08 bits per heavy atom. The molecule has 36 heavy (non-hydrogen) atoms. The summed E-state index contributed by atoms with van der Waals surface area (Å²) in [5, 5.41) is 2.82. The highest BCUT2D eigenvalue weighted by atomic mass is 19.3. The topological polar surface area (TPSA) is 94.5 Å². The predicted octanol–water partition coefficient (Wildman–Crippen LogP) is 3.26. The molecule has 1 aromatic carbocycles. The average molecular weight is 503 g/mol. The lowest BCUT2D eigenvalue weighted by Crippen LogP contribution is -2.46. The molecule has 2 N–H and O–H groups in total. The summed E-state index contributed by atoms with van der Waals surface area (Å²) in [4.78, 5) is 34.0. The van der Waals surface area contributed by atoms with Crippen molar-refractivity contribution in [3.63, 3.8) is 0 Å². The van der Waals surface area contributed by atoms with Gasteiger partial charge in [-0.25, -0.2) is 18.2 Å². The third-order valence-corrected chi connectivity index (χ3v) is 6.20. The number of carbonyl (C=O) groups is 1. The molecular weight excluding hydrogens is 482 g/mol. The van der Waals surface area contributed by atoms with E-state index in [1.807, 2.05) is 10.2 Å². The molecule has 0 spiro atoms. The van der Waals surface area contributed by atoms with Gasteiger partial charge in [0.25, 0.3) is 17.9 Å². The lowest BCUT2D eigenvalue weighted by atomic mass is 10.1. The number of nitrogens with one attached hydrogen (secondary N) is 2. The number of benzene rings is 1. The minimum Gasteiger partial charge on any atom is -0.463 e. The smallest absolute Gasteiger partial charge is 0.270 e. The van der Waals surface area contributed by atoms with Crippen molar-refractivity contribution in [3.05, 3.63) is 70.0 Å². The normalized spacial score (nSPS) is 14.8. The summed E-state index contributed by atoms with van der Waals surface area (Å²) in [6.07, 6.45) is -1.33. The first-order valence-corrected chi connectivity index (χ1v) is 11.2. The van der Waals surface area contributed by atoms with E-state index in [1.165, 1.54) is 24.5 Å². The first kappa shape index (κ1) is 23.8. The fraction of sp³-hybridized carbons (Fsp3) is 0.292. The Hall–Kier alpha value is -3.93. The quantitative estimate of drug-likeness (QED) is 0.310. The van der Waals surface area contributed by atoms with Crippen LogP contribution in [0.5, 0.6) is 0 Å². The summed E-state index contributed by atoms with van der Waals surface area (Å²) in [6.45, 7) is 1.30. The number of hydrogen-bond donors (Lipinski definition) is 2. The molecule has 5 rings (SSSR count). The van der Waals surface area contributed by atoms with E-state index >= 15 is 4.39 Å². The van der Waals surface area contributed by atoms with E-state index < -0.39 is 36.2 Å². The highest BCUT2D eigenvalue weighted by Gasteiger charge is 2.23. The van der Waals surface area contributed by atoms with Gasteiger partial charge in [-0.1, -0.05) is 6.07 Å². The maximum atomic E-state index is 15.3. The van der Waals surface area contributed by atoms with E-state index in [4.69, 9.17) is 4.42 Å². The van der Waals surface area contributed by atoms with Gasteiger partial charge in [0.2, 0.25) is 5.95 Å². The van der Waals surface area contributed by atoms with Crippen LogP contribution in [0, 0.1) is 11.8 Å². The van der Waals surface area contributed by atoms with Gasteiger partial charge in [0.15, 0.2) is 5.82 Å². The van der Waals surface area contributed by atoms with Crippen LogP contribution in [-0.4, -0.2) is 59.9 Å². The third-order valence-electron chi connectivity index (χ3n) is 6.20. The largest absolute Gasteiger partial charge is 0.463 e. The van der Waals surface area contributed by atoms with Gasteiger partial charge >= 0.3 is 0 Å². The Bertz CT molecular complexity index is 1490. The number of anilines is 1. The molecule has 0 aliphatic carbocycles. The Labute approximate surface area is 201 Å². The van der Waals surface area contributed by atoms with Crippen LogP contribution in [0.15, 0.2) is 45.8 Å². The molecule has 4 heterocycles. The molecular formula is C24H21F4N5O3. The minimum absolute atomic E-state index is 0.0874. The fourth-order valence-corrected chi connectivity index (χ4v) is 4.37. The number of amides is 1. The first-order chi connectivity index (χ1) is 17.3. The molecule has 12 heteroatoms. The van der Waals surface area contributed by atoms with Gasteiger partial charge in [0, 0.05) is 43.7 Å². The number of piperazine rings is 1. The lowest BCUT2D eigenvalue weighted by Gasteiger charge is -2.36. The number of H-pyrrole nitrogens is 1. The zero-order valence-corrected chi connectivity index (χ0v) is 18.9. The van der Waals surface area contributed by atoms with Crippen molar-refractivity contribution in [2.75, 3.05) is 37.6 Å². The Morgan fingerprint density at radius 3 is 2.58 bits per heavy atom. The number of furan rings is 1. The average Bonchev–Trinajstić information content (AvgIpc) is 3.36. The van der Waals surface area contributed by atoms with Crippen LogP contribution < -0.4 is 15.8 Å². The van der Waals surface area contributed by atoms with Gasteiger partial charge in [0.05, 0.1) is 29.4 Å². The second-order valence-electron chi connectivity index (χ2n) is 8.45. The van der Waals surface area contributed by atoms with Crippen LogP contribution in [0.2, 0.25) is 0 Å². The predicted molar refractivity (Wildman–Crippen MR) is 124 cm³/mol. The number of aromatic nitrogens is 2. The van der Waals surface area contributed by atoms with Crippen LogP contribution in [0.4, 0.5) is 23.2 Å². The number of halogens is 4. The second kappa shape index (κ2) is 9.61. The monoisotopic (exact) mass is 503 g/mol. The third kappa shape index (κ3) is 4.51. The number of aromatic amines is 1. The SMILES string of the molecule is O=C(NCC(F)F)c1ccc(N2CCN(Cc3ccc4c([nH]c(=O)c5ccoc54)c3F)CC2)c(F)n1. The molecule has 4 aromatic rings. The molecule has 1 aliphatic rings. The number of nitrogens with zero attached hydrogens (tertiary/aromatic N) is 3. The maximum Gasteiger partial charge on any atom is 0.270 e. The number of fused-ring (bicyclic) bond motifs is 3. The summed E-state index contributed by atoms with van der Waals surface area (Å²) < 4.78 is 59.7. The van der Waals surface area contributed by atoms with Crippen molar-refractivity contribution < 1.29 is 26.8 Å². The number of carbonyl (C=O) groups excluding carboxylic acids is 1. The molecule has 0 bridgehead atoms. The van der Waals surface area contributed by atoms with Crippen molar-refractivity contribution in [3.8, 4) is 0 Å². The number of hydrogen-bond acceptors (Lipinski definition) is 6. The maximum absolute atomic E-state index is 15.3. The molecule has 188 valence electrons. The molecule has 1 amide bonds. The molecule has 1 fully saturated rings. The molecule has 0 radical (unpaired) electrons. The number of alkyl halides is 2. The number of pyridine rings is 2. The first-order valence-electron chi connectivity index (χ1n) is 11.2. The summed E-state index contributed by atoms with van der Waals surface area (Å²) >= 11 is 0. The molecule has 0 atom stereocenters. The van der Waals surface area contributed by atoms with E-state index in [-0.39, 0.29) is 23.4 Å². The zero-order valence-electron chi connectivity index (χ0n) is 18.9. The van der Waals surface area contributed by atoms with Crippen LogP contribution in [0.3, 0.4) is 0 Å². The van der Waals surface area contributed by atoms with Crippen molar-refractivity contribution in [1.82, 2.24) is 20.2 Å². The molecule has 1 saturated heterocycles. The van der Waals surface area contributed by atoms with Crippen molar-refractivity contribution in [2.24, 2.45) is 0 Å². The summed E-state index contributed by atoms with van der Waals surface area (Å²) in [7, 11) is 0. The minimum atomic E-state index is -2.72. The second-order valence-corrected chi connectivity index (χ2v) is 8.45. The summed E-state index contributed by atoms with van der Waals surface area (Å²) in [5.74, 6) is -2.28. The van der Waals surface area contributed by atoms with Crippen LogP contribution in [0.1, 0.15) is 16.1 Å². The van der Waals surface area contributed by atoms with E-state index in [1.54, 1.807) is 17.0 Å². The van der Waals surface area contributed by atoms with Gasteiger partial charge in [-0.15, -0.1) is 0 Å². The number of rotatable bonds is 6. The van der Waals surface area contributed by atoms with Crippen LogP contribution >= 0.6 is 0 Å². The van der Waals surface area contributed by atoms with E-state index in [0.717, 1.165) is 0 Å². The summed E-state index contributed by atoms with van der Waals surface area (Å²) in [5.41, 5.74) is 0.308. The van der Waals surface area contributed by atoms with E-state index in [0.29, 0.717) is 48.1 Å². The van der Waals surface area contributed by atoms with Gasteiger partial charge < -0.3 is 19.6 Å². The Kier molecular flexibility index (Phi) is 6.35. The van der Waals surface area contributed by atoms with Crippen molar-refractivity contribution in [2.45, 2.75) is 13.0 Å². The highest BCUT2D eigenvalue weighted by Crippen LogP contribution is 2.27. The standard InChI is InChI=1S/C24H21F4N5O3/c25-18(26)11-29-24(35)16-3-4-17(22(28)30-16)33-8-6-32(7-9-33)12-13-1-2-14-20(19(13)27)31-23(34)15-5-10-36-21(14)15/h1-5,10,18H,6-9,11-12H2,(H,29,35)(H,31,34). The van der Waals surface area contributed by atoms with Crippen molar-refractivity contribution >= 4 is 33.5 Å². The van der Waals surface area contributed by atoms with Gasteiger partial charge in [0.1, 0.15) is 11.3 Å². The van der Waals surface area contributed by atoms with Crippen molar-refractivity contribution in [1.29, 1.82) is 0 Å². The van der Waals surface area contributed by atoms with Gasteiger partial charge in [-0.3, -0.25) is 14.5 Å². The van der Waals surface area contributed by atoms with Gasteiger partial charge in [-0.05, 0) is 24.3 Å². The molecule has 0 unspecified atom stereocenters. The molecule has 8 nitrogen and oxygen atoms in total. The zero-order chi connectivity index (χ0) is 25.4. The van der Waals surface area contributed by atoms with Gasteiger partial charge in [-0.2, -0.15) is 4.39 Å².